The molecule has 0 radical (unpaired) electrons. The minimum absolute atomic E-state index is 0.0539. The van der Waals surface area contributed by atoms with Crippen LogP contribution in [-0.4, -0.2) is 54.3 Å². The van der Waals surface area contributed by atoms with Crippen molar-refractivity contribution >= 4 is 47.4 Å². The normalized spacial score (nSPS) is 18.9. The number of halogens is 2. The van der Waals surface area contributed by atoms with Gasteiger partial charge in [0.15, 0.2) is 0 Å². The van der Waals surface area contributed by atoms with Gasteiger partial charge in [0, 0.05) is 34.5 Å². The third kappa shape index (κ3) is 7.55. The largest absolute Gasteiger partial charge is 0.415 e. The lowest BCUT2D eigenvalue weighted by Gasteiger charge is -2.35. The molecule has 1 aliphatic carbocycles. The molecule has 2 aromatic carbocycles. The average molecular weight is 589 g/mol. The second-order valence-corrected chi connectivity index (χ2v) is 12.0. The van der Waals surface area contributed by atoms with Gasteiger partial charge in [-0.15, -0.1) is 0 Å². The topological polar surface area (TPSA) is 105 Å². The second kappa shape index (κ2) is 13.0. The van der Waals surface area contributed by atoms with Crippen LogP contribution in [0.2, 0.25) is 10.0 Å². The maximum atomic E-state index is 13.8. The van der Waals surface area contributed by atoms with Crippen LogP contribution in [0.1, 0.15) is 51.5 Å². The van der Waals surface area contributed by atoms with E-state index in [9.17, 15) is 19.2 Å². The molecule has 3 amide bonds. The molecule has 0 bridgehead atoms. The Morgan fingerprint density at radius 1 is 1.15 bits per heavy atom. The molecule has 3 atom stereocenters. The van der Waals surface area contributed by atoms with Gasteiger partial charge < -0.3 is 20.2 Å². The van der Waals surface area contributed by atoms with Crippen molar-refractivity contribution in [3.8, 4) is 5.75 Å². The SMILES string of the molecule is CC(C)C[C@@H](C(=O)N[C@H](C=O)C[C@@H]1CCNC1=O)N(CC1(c2cccc(Cl)c2)CC1)C(=O)Oc1ccc(Cl)cc1. The molecule has 0 unspecified atom stereocenters. The molecule has 40 heavy (non-hydrogen) atoms. The fourth-order valence-electron chi connectivity index (χ4n) is 5.22. The van der Waals surface area contributed by atoms with E-state index in [1.54, 1.807) is 30.3 Å². The molecule has 10 heteroatoms. The van der Waals surface area contributed by atoms with Gasteiger partial charge in [-0.3, -0.25) is 14.5 Å². The van der Waals surface area contributed by atoms with Gasteiger partial charge in [0.2, 0.25) is 11.8 Å². The number of benzene rings is 2. The summed E-state index contributed by atoms with van der Waals surface area (Å²) in [7, 11) is 0. The van der Waals surface area contributed by atoms with Crippen LogP contribution in [0.25, 0.3) is 0 Å². The Bertz CT molecular complexity index is 1230. The molecule has 1 aliphatic heterocycles. The van der Waals surface area contributed by atoms with E-state index < -0.39 is 24.1 Å². The molecule has 2 N–H and O–H groups in total. The van der Waals surface area contributed by atoms with Crippen molar-refractivity contribution in [2.75, 3.05) is 13.1 Å². The van der Waals surface area contributed by atoms with Crippen LogP contribution in [0.4, 0.5) is 4.79 Å². The lowest BCUT2D eigenvalue weighted by atomic mass is 9.93. The van der Waals surface area contributed by atoms with Crippen LogP contribution in [0, 0.1) is 11.8 Å². The Hall–Kier alpha value is -3.10. The quantitative estimate of drug-likeness (QED) is 0.334. The lowest BCUT2D eigenvalue weighted by Crippen LogP contribution is -2.55. The first-order valence-electron chi connectivity index (χ1n) is 13.6. The maximum Gasteiger partial charge on any atom is 0.415 e. The molecule has 1 saturated carbocycles. The number of carbonyl (C=O) groups is 4. The number of aldehydes is 1. The van der Waals surface area contributed by atoms with Crippen molar-refractivity contribution in [2.45, 2.75) is 63.5 Å². The van der Waals surface area contributed by atoms with Gasteiger partial charge >= 0.3 is 6.09 Å². The predicted octanol–water partition coefficient (Wildman–Crippen LogP) is 5.15. The molecule has 2 aliphatic rings. The highest BCUT2D eigenvalue weighted by Crippen LogP contribution is 2.49. The molecule has 214 valence electrons. The number of amides is 3. The summed E-state index contributed by atoms with van der Waals surface area (Å²) in [4.78, 5) is 53.0. The van der Waals surface area contributed by atoms with E-state index in [0.717, 1.165) is 18.4 Å². The highest BCUT2D eigenvalue weighted by Gasteiger charge is 2.49. The van der Waals surface area contributed by atoms with Crippen molar-refractivity contribution in [3.05, 3.63) is 64.1 Å². The van der Waals surface area contributed by atoms with Gasteiger partial charge in [0.1, 0.15) is 18.1 Å². The first-order valence-corrected chi connectivity index (χ1v) is 14.4. The molecule has 1 heterocycles. The molecule has 1 saturated heterocycles. The lowest BCUT2D eigenvalue weighted by molar-refractivity contribution is -0.130. The number of nitrogens with one attached hydrogen (secondary N) is 2. The molecular weight excluding hydrogens is 553 g/mol. The van der Waals surface area contributed by atoms with Crippen molar-refractivity contribution in [1.82, 2.24) is 15.5 Å². The Kier molecular flexibility index (Phi) is 9.74. The number of rotatable bonds is 12. The zero-order chi connectivity index (χ0) is 28.9. The number of hydrogen-bond donors (Lipinski definition) is 2. The van der Waals surface area contributed by atoms with E-state index in [0.29, 0.717) is 41.5 Å². The Morgan fingerprint density at radius 3 is 2.45 bits per heavy atom. The van der Waals surface area contributed by atoms with Gasteiger partial charge in [-0.25, -0.2) is 4.79 Å². The Labute approximate surface area is 244 Å². The van der Waals surface area contributed by atoms with E-state index in [4.69, 9.17) is 27.9 Å². The van der Waals surface area contributed by atoms with E-state index in [1.165, 1.54) is 4.90 Å². The van der Waals surface area contributed by atoms with Gasteiger partial charge in [0.05, 0.1) is 6.04 Å². The van der Waals surface area contributed by atoms with E-state index in [-0.39, 0.29) is 36.1 Å². The van der Waals surface area contributed by atoms with Crippen molar-refractivity contribution in [3.63, 3.8) is 0 Å². The summed E-state index contributed by atoms with van der Waals surface area (Å²) < 4.78 is 5.73. The summed E-state index contributed by atoms with van der Waals surface area (Å²) in [6, 6.07) is 12.2. The third-order valence-corrected chi connectivity index (χ3v) is 8.07. The van der Waals surface area contributed by atoms with Gasteiger partial charge in [0.25, 0.3) is 0 Å². The Balaban J connectivity index is 1.61. The third-order valence-electron chi connectivity index (χ3n) is 7.58. The van der Waals surface area contributed by atoms with Crippen molar-refractivity contribution in [1.29, 1.82) is 0 Å². The summed E-state index contributed by atoms with van der Waals surface area (Å²) in [5, 5.41) is 6.66. The fraction of sp³-hybridized carbons (Fsp3) is 0.467. The summed E-state index contributed by atoms with van der Waals surface area (Å²) >= 11 is 12.3. The summed E-state index contributed by atoms with van der Waals surface area (Å²) in [6.07, 6.45) is 2.79. The summed E-state index contributed by atoms with van der Waals surface area (Å²) in [6.45, 7) is 4.72. The van der Waals surface area contributed by atoms with Gasteiger partial charge in [-0.1, -0.05) is 49.2 Å². The van der Waals surface area contributed by atoms with E-state index in [2.05, 4.69) is 10.6 Å². The second-order valence-electron chi connectivity index (χ2n) is 11.1. The van der Waals surface area contributed by atoms with Crippen LogP contribution < -0.4 is 15.4 Å². The summed E-state index contributed by atoms with van der Waals surface area (Å²) in [5.41, 5.74) is 0.622. The molecular formula is C30H35Cl2N3O5. The first kappa shape index (κ1) is 29.9. The minimum Gasteiger partial charge on any atom is -0.410 e. The predicted molar refractivity (Wildman–Crippen MR) is 154 cm³/mol. The van der Waals surface area contributed by atoms with Crippen LogP contribution in [-0.2, 0) is 19.8 Å². The van der Waals surface area contributed by atoms with Gasteiger partial charge in [-0.2, -0.15) is 0 Å². The van der Waals surface area contributed by atoms with Crippen molar-refractivity contribution < 1.29 is 23.9 Å². The average Bonchev–Trinajstić information content (AvgIpc) is 3.60. The van der Waals surface area contributed by atoms with Crippen LogP contribution in [0.3, 0.4) is 0 Å². The fourth-order valence-corrected chi connectivity index (χ4v) is 5.54. The highest BCUT2D eigenvalue weighted by atomic mass is 35.5. The molecule has 8 nitrogen and oxygen atoms in total. The highest BCUT2D eigenvalue weighted by molar-refractivity contribution is 6.30. The van der Waals surface area contributed by atoms with Gasteiger partial charge in [-0.05, 0) is 80.0 Å². The van der Waals surface area contributed by atoms with Crippen LogP contribution >= 0.6 is 23.2 Å². The van der Waals surface area contributed by atoms with Crippen LogP contribution in [0.15, 0.2) is 48.5 Å². The smallest absolute Gasteiger partial charge is 0.410 e. The van der Waals surface area contributed by atoms with Crippen LogP contribution in [0.5, 0.6) is 5.75 Å². The monoisotopic (exact) mass is 587 g/mol. The number of ether oxygens (including phenoxy) is 1. The zero-order valence-corrected chi connectivity index (χ0v) is 24.2. The number of carbonyl (C=O) groups excluding carboxylic acids is 4. The van der Waals surface area contributed by atoms with E-state index >= 15 is 0 Å². The van der Waals surface area contributed by atoms with E-state index in [1.807, 2.05) is 32.0 Å². The first-order chi connectivity index (χ1) is 19.1. The zero-order valence-electron chi connectivity index (χ0n) is 22.7. The molecule has 0 spiro atoms. The molecule has 2 fully saturated rings. The summed E-state index contributed by atoms with van der Waals surface area (Å²) in [5.74, 6) is -0.571. The maximum absolute atomic E-state index is 13.8. The van der Waals surface area contributed by atoms with Crippen molar-refractivity contribution in [2.24, 2.45) is 11.8 Å². The number of nitrogens with zero attached hydrogens (tertiary/aromatic N) is 1. The molecule has 0 aromatic heterocycles. The Morgan fingerprint density at radius 2 is 1.88 bits per heavy atom. The standard InChI is InChI=1S/C30H35Cl2N3O5/c1-19(2)14-26(28(38)34-24(17-36)15-20-10-13-33-27(20)37)35(29(39)40-25-8-6-22(31)7-9-25)18-30(11-12-30)21-4-3-5-23(32)16-21/h3-9,16-17,19-20,24,26H,10-15,18H2,1-2H3,(H,33,37)(H,34,38)/t20-,24-,26-/m0/s1. The minimum atomic E-state index is -0.906. The molecule has 2 aromatic rings. The molecule has 4 rings (SSSR count). The number of hydrogen-bond acceptors (Lipinski definition) is 5.